The van der Waals surface area contributed by atoms with E-state index in [2.05, 4.69) is 10.4 Å². The average Bonchev–Trinajstić information content (AvgIpc) is 3.13. The maximum atomic E-state index is 14.7. The first-order valence-corrected chi connectivity index (χ1v) is 12.0. The summed E-state index contributed by atoms with van der Waals surface area (Å²) < 4.78 is 51.7. The smallest absolute Gasteiger partial charge is 0.257 e. The van der Waals surface area contributed by atoms with Crippen molar-refractivity contribution in [2.45, 2.75) is 18.7 Å². The lowest BCUT2D eigenvalue weighted by molar-refractivity contribution is 0.0976. The summed E-state index contributed by atoms with van der Waals surface area (Å²) in [6, 6.07) is 8.26. The highest BCUT2D eigenvalue weighted by molar-refractivity contribution is 7.89. The van der Waals surface area contributed by atoms with Crippen LogP contribution >= 0.6 is 0 Å². The summed E-state index contributed by atoms with van der Waals surface area (Å²) >= 11 is 0. The van der Waals surface area contributed by atoms with Gasteiger partial charge in [0.25, 0.3) is 5.91 Å². The van der Waals surface area contributed by atoms with Gasteiger partial charge in [0.05, 0.1) is 5.39 Å². The first kappa shape index (κ1) is 25.9. The van der Waals surface area contributed by atoms with Gasteiger partial charge in [-0.05, 0) is 50.3 Å². The molecule has 0 aliphatic heterocycles. The van der Waals surface area contributed by atoms with Crippen molar-refractivity contribution in [2.24, 2.45) is 5.10 Å². The topological polar surface area (TPSA) is 104 Å². The molecule has 9 nitrogen and oxygen atoms in total. The summed E-state index contributed by atoms with van der Waals surface area (Å²) in [5.41, 5.74) is 0.625. The quantitative estimate of drug-likeness (QED) is 0.296. The molecule has 0 saturated carbocycles. The third-order valence-corrected chi connectivity index (χ3v) is 6.60. The van der Waals surface area contributed by atoms with E-state index in [0.717, 1.165) is 16.4 Å². The minimum atomic E-state index is -3.96. The van der Waals surface area contributed by atoms with Gasteiger partial charge in [-0.3, -0.25) is 4.79 Å². The van der Waals surface area contributed by atoms with Crippen molar-refractivity contribution in [2.75, 3.05) is 28.2 Å². The number of rotatable bonds is 7. The Labute approximate surface area is 203 Å². The molecule has 2 aromatic carbocycles. The third kappa shape index (κ3) is 5.87. The third-order valence-electron chi connectivity index (χ3n) is 4.75. The van der Waals surface area contributed by atoms with Crippen LogP contribution in [0.4, 0.5) is 4.39 Å². The fourth-order valence-electron chi connectivity index (χ4n) is 3.19. The Morgan fingerprint density at radius 2 is 1.86 bits per heavy atom. The van der Waals surface area contributed by atoms with Crippen molar-refractivity contribution in [3.8, 4) is 11.5 Å². The zero-order valence-electron chi connectivity index (χ0n) is 20.3. The van der Waals surface area contributed by atoms with E-state index in [0.29, 0.717) is 22.6 Å². The molecular formula is C24H27FN4O5S. The number of ether oxygens (including phenoxy) is 1. The monoisotopic (exact) mass is 502 g/mol. The highest BCUT2D eigenvalue weighted by atomic mass is 32.2. The van der Waals surface area contributed by atoms with E-state index < -0.39 is 26.6 Å². The molecule has 0 saturated heterocycles. The number of amides is 1. The molecule has 0 unspecified atom stereocenters. The number of furan rings is 1. The molecule has 0 spiro atoms. The average molecular weight is 503 g/mol. The minimum absolute atomic E-state index is 0.0571. The van der Waals surface area contributed by atoms with Crippen molar-refractivity contribution in [1.82, 2.24) is 14.6 Å². The number of carbonyl (C=O) groups is 1. The minimum Gasteiger partial charge on any atom is -0.461 e. The maximum absolute atomic E-state index is 14.7. The summed E-state index contributed by atoms with van der Waals surface area (Å²) in [4.78, 5) is 12.5. The molecule has 0 fully saturated rings. The summed E-state index contributed by atoms with van der Waals surface area (Å²) in [5.74, 6) is -0.195. The number of allylic oxidation sites excluding steroid dienone is 1. The molecule has 35 heavy (non-hydrogen) atoms. The lowest BCUT2D eigenvalue weighted by Crippen LogP contribution is -2.30. The molecule has 0 aliphatic rings. The van der Waals surface area contributed by atoms with E-state index in [9.17, 15) is 17.6 Å². The first-order valence-electron chi connectivity index (χ1n) is 10.6. The number of fused-ring (bicyclic) bond motifs is 1. The Morgan fingerprint density at radius 3 is 2.46 bits per heavy atom. The van der Waals surface area contributed by atoms with Gasteiger partial charge < -0.3 is 19.5 Å². The Kier molecular flexibility index (Phi) is 7.61. The summed E-state index contributed by atoms with van der Waals surface area (Å²) in [5, 5.41) is 9.07. The molecule has 1 aromatic heterocycles. The van der Waals surface area contributed by atoms with Gasteiger partial charge in [-0.25, -0.2) is 17.1 Å². The molecule has 1 amide bonds. The van der Waals surface area contributed by atoms with Crippen molar-refractivity contribution < 1.29 is 26.8 Å². The molecule has 0 radical (unpaired) electrons. The van der Waals surface area contributed by atoms with E-state index in [4.69, 9.17) is 9.15 Å². The number of sulfonamides is 1. The Hall–Kier alpha value is -3.70. The van der Waals surface area contributed by atoms with Crippen LogP contribution in [0.2, 0.25) is 0 Å². The van der Waals surface area contributed by atoms with Crippen LogP contribution in [0.25, 0.3) is 11.0 Å². The standard InChI is InChI=1S/C24H27FN4O5S/c1-7-8-23(27-28(3)4)26-24(30)16-12-20-18(11-15(2)33-20)21(13-16)34-17-9-10-22(19(25)14-17)35(31,32)29(5)6/h7-14H,1-6H3,(H,26,27,30). The number of hydrogen-bond acceptors (Lipinski definition) is 7. The van der Waals surface area contributed by atoms with Gasteiger partial charge in [0.1, 0.15) is 33.6 Å². The van der Waals surface area contributed by atoms with Crippen molar-refractivity contribution in [1.29, 1.82) is 0 Å². The Morgan fingerprint density at radius 1 is 1.14 bits per heavy atom. The van der Waals surface area contributed by atoms with Crippen molar-refractivity contribution in [3.05, 3.63) is 65.7 Å². The van der Waals surface area contributed by atoms with Gasteiger partial charge in [-0.2, -0.15) is 5.10 Å². The zero-order chi connectivity index (χ0) is 25.9. The van der Waals surface area contributed by atoms with Crippen molar-refractivity contribution in [3.63, 3.8) is 0 Å². The number of nitrogens with zero attached hydrogens (tertiary/aromatic N) is 3. The summed E-state index contributed by atoms with van der Waals surface area (Å²) in [6.45, 7) is 3.55. The largest absolute Gasteiger partial charge is 0.461 e. The molecule has 186 valence electrons. The lowest BCUT2D eigenvalue weighted by Gasteiger charge is -2.14. The molecule has 0 aliphatic carbocycles. The number of nitrogens with one attached hydrogen (secondary N) is 1. The highest BCUT2D eigenvalue weighted by Gasteiger charge is 2.23. The van der Waals surface area contributed by atoms with Crippen LogP contribution in [-0.4, -0.2) is 57.7 Å². The molecule has 3 rings (SSSR count). The van der Waals surface area contributed by atoms with Gasteiger partial charge in [0.15, 0.2) is 5.84 Å². The SMILES string of the molecule is CC=C/C(=N\N(C)C)NC(=O)c1cc(Oc2ccc(S(=O)(=O)N(C)C)c(F)c2)c2cc(C)oc2c1. The van der Waals surface area contributed by atoms with Crippen LogP contribution in [0.5, 0.6) is 11.5 Å². The first-order chi connectivity index (χ1) is 16.4. The second-order valence-corrected chi connectivity index (χ2v) is 10.1. The molecule has 0 atom stereocenters. The predicted molar refractivity (Wildman–Crippen MR) is 132 cm³/mol. The number of hydrogen-bond donors (Lipinski definition) is 1. The number of benzene rings is 2. The van der Waals surface area contributed by atoms with Crippen LogP contribution in [0.3, 0.4) is 0 Å². The normalized spacial score (nSPS) is 12.5. The Bertz CT molecular complexity index is 1430. The molecule has 11 heteroatoms. The number of halogens is 1. The zero-order valence-corrected chi connectivity index (χ0v) is 21.1. The lowest BCUT2D eigenvalue weighted by atomic mass is 10.1. The molecule has 3 aromatic rings. The van der Waals surface area contributed by atoms with E-state index in [1.54, 1.807) is 57.2 Å². The summed E-state index contributed by atoms with van der Waals surface area (Å²) in [6.07, 6.45) is 3.39. The van der Waals surface area contributed by atoms with Crippen LogP contribution in [0.15, 0.2) is 63.0 Å². The number of aryl methyl sites for hydroxylation is 1. The summed E-state index contributed by atoms with van der Waals surface area (Å²) in [7, 11) is 2.14. The van der Waals surface area contributed by atoms with Gasteiger partial charge in [-0.15, -0.1) is 0 Å². The van der Waals surface area contributed by atoms with Gasteiger partial charge in [0, 0.05) is 39.8 Å². The number of carbonyl (C=O) groups excluding carboxylic acids is 1. The van der Waals surface area contributed by atoms with Crippen LogP contribution < -0.4 is 10.1 Å². The van der Waals surface area contributed by atoms with E-state index in [1.807, 2.05) is 0 Å². The van der Waals surface area contributed by atoms with E-state index in [-0.39, 0.29) is 17.1 Å². The number of hydrazone groups is 1. The second kappa shape index (κ2) is 10.3. The number of amidine groups is 1. The van der Waals surface area contributed by atoms with E-state index in [1.165, 1.54) is 26.2 Å². The second-order valence-electron chi connectivity index (χ2n) is 8.01. The van der Waals surface area contributed by atoms with Crippen LogP contribution in [-0.2, 0) is 10.0 Å². The van der Waals surface area contributed by atoms with Gasteiger partial charge >= 0.3 is 0 Å². The predicted octanol–water partition coefficient (Wildman–Crippen LogP) is 4.10. The molecule has 1 N–H and O–H groups in total. The Balaban J connectivity index is 2.00. The van der Waals surface area contributed by atoms with Crippen molar-refractivity contribution >= 4 is 32.7 Å². The maximum Gasteiger partial charge on any atom is 0.257 e. The van der Waals surface area contributed by atoms with E-state index >= 15 is 0 Å². The molecule has 0 bridgehead atoms. The molecule has 1 heterocycles. The molecular weight excluding hydrogens is 475 g/mol. The highest BCUT2D eigenvalue weighted by Crippen LogP contribution is 2.34. The van der Waals surface area contributed by atoms with Gasteiger partial charge in [0.2, 0.25) is 10.0 Å². The van der Waals surface area contributed by atoms with Crippen LogP contribution in [0, 0.1) is 12.7 Å². The van der Waals surface area contributed by atoms with Crippen LogP contribution in [0.1, 0.15) is 23.0 Å². The fraction of sp³-hybridized carbons (Fsp3) is 0.250. The van der Waals surface area contributed by atoms with Gasteiger partial charge in [-0.1, -0.05) is 6.08 Å². The fourth-order valence-corrected chi connectivity index (χ4v) is 4.13.